The molecule has 7 heteroatoms. The van der Waals surface area contributed by atoms with Gasteiger partial charge in [-0.2, -0.15) is 5.10 Å². The Kier molecular flexibility index (Phi) is 5.27. The van der Waals surface area contributed by atoms with E-state index in [0.717, 1.165) is 37.6 Å². The van der Waals surface area contributed by atoms with Crippen LogP contribution in [0.1, 0.15) is 37.3 Å². The summed E-state index contributed by atoms with van der Waals surface area (Å²) in [5, 5.41) is 7.54. The number of aryl methyl sites for hydroxylation is 2. The molecule has 1 atom stereocenters. The van der Waals surface area contributed by atoms with E-state index in [0.29, 0.717) is 25.7 Å². The Hall–Kier alpha value is -1.47. The minimum absolute atomic E-state index is 0.0582. The van der Waals surface area contributed by atoms with E-state index in [2.05, 4.69) is 20.3 Å². The molecule has 2 aliphatic rings. The van der Waals surface area contributed by atoms with Crippen molar-refractivity contribution >= 4 is 5.91 Å². The van der Waals surface area contributed by atoms with Crippen molar-refractivity contribution in [3.63, 3.8) is 0 Å². The smallest absolute Gasteiger partial charge is 0.234 e. The first kappa shape index (κ1) is 16.4. The zero-order chi connectivity index (χ0) is 16.2. The van der Waals surface area contributed by atoms with Crippen molar-refractivity contribution < 1.29 is 9.53 Å². The van der Waals surface area contributed by atoms with Gasteiger partial charge in [-0.1, -0.05) is 12.8 Å². The summed E-state index contributed by atoms with van der Waals surface area (Å²) in [6.07, 6.45) is 4.79. The molecule has 7 nitrogen and oxygen atoms in total. The summed E-state index contributed by atoms with van der Waals surface area (Å²) < 4.78 is 7.72. The molecule has 23 heavy (non-hydrogen) atoms. The molecule has 1 saturated carbocycles. The summed E-state index contributed by atoms with van der Waals surface area (Å²) >= 11 is 0. The van der Waals surface area contributed by atoms with Gasteiger partial charge in [-0.15, -0.1) is 0 Å². The molecule has 1 amide bonds. The number of rotatable bonds is 5. The van der Waals surface area contributed by atoms with Crippen LogP contribution in [0.2, 0.25) is 0 Å². The van der Waals surface area contributed by atoms with Gasteiger partial charge in [-0.25, -0.2) is 9.67 Å². The zero-order valence-corrected chi connectivity index (χ0v) is 14.1. The van der Waals surface area contributed by atoms with E-state index in [9.17, 15) is 4.79 Å². The number of aromatic nitrogens is 3. The summed E-state index contributed by atoms with van der Waals surface area (Å²) in [5.74, 6) is 1.83. The van der Waals surface area contributed by atoms with Crippen molar-refractivity contribution in [2.24, 2.45) is 0 Å². The number of nitrogens with one attached hydrogen (secondary N) is 1. The molecule has 0 spiro atoms. The summed E-state index contributed by atoms with van der Waals surface area (Å²) in [6, 6.07) is 0.389. The van der Waals surface area contributed by atoms with Crippen LogP contribution in [0.25, 0.3) is 0 Å². The SMILES string of the molecule is Cc1nc(C)n(C[C@H]2CN(CC(=O)NC3CCCC3)CCO2)n1. The van der Waals surface area contributed by atoms with Crippen molar-refractivity contribution in [2.75, 3.05) is 26.2 Å². The summed E-state index contributed by atoms with van der Waals surface area (Å²) in [7, 11) is 0. The minimum atomic E-state index is 0.0582. The maximum absolute atomic E-state index is 12.2. The van der Waals surface area contributed by atoms with Crippen LogP contribution in [0.4, 0.5) is 0 Å². The molecule has 1 saturated heterocycles. The van der Waals surface area contributed by atoms with Crippen molar-refractivity contribution in [1.82, 2.24) is 25.0 Å². The maximum Gasteiger partial charge on any atom is 0.234 e. The molecule has 0 unspecified atom stereocenters. The van der Waals surface area contributed by atoms with E-state index in [1.807, 2.05) is 18.5 Å². The van der Waals surface area contributed by atoms with Gasteiger partial charge in [0.05, 0.1) is 25.8 Å². The Bertz CT molecular complexity index is 539. The van der Waals surface area contributed by atoms with E-state index in [1.165, 1.54) is 12.8 Å². The van der Waals surface area contributed by atoms with E-state index in [4.69, 9.17) is 4.74 Å². The molecule has 1 N–H and O–H groups in total. The standard InChI is InChI=1S/C16H27N5O2/c1-12-17-13(2)21(19-12)10-15-9-20(7-8-23-15)11-16(22)18-14-5-3-4-6-14/h14-15H,3-11H2,1-2H3,(H,18,22)/t15-/m1/s1. The number of morpholine rings is 1. The summed E-state index contributed by atoms with van der Waals surface area (Å²) in [5.41, 5.74) is 0. The molecule has 0 bridgehead atoms. The van der Waals surface area contributed by atoms with Crippen LogP contribution in [0.15, 0.2) is 0 Å². The monoisotopic (exact) mass is 321 g/mol. The fourth-order valence-electron chi connectivity index (χ4n) is 3.51. The van der Waals surface area contributed by atoms with Crippen LogP contribution >= 0.6 is 0 Å². The first-order chi connectivity index (χ1) is 11.1. The Morgan fingerprint density at radius 1 is 1.35 bits per heavy atom. The fourth-order valence-corrected chi connectivity index (χ4v) is 3.51. The number of ether oxygens (including phenoxy) is 1. The van der Waals surface area contributed by atoms with Crippen LogP contribution < -0.4 is 5.32 Å². The first-order valence-electron chi connectivity index (χ1n) is 8.61. The number of carbonyl (C=O) groups is 1. The van der Waals surface area contributed by atoms with Crippen molar-refractivity contribution in [3.05, 3.63) is 11.6 Å². The molecule has 1 aliphatic carbocycles. The van der Waals surface area contributed by atoms with Crippen LogP contribution in [-0.4, -0.2) is 64.0 Å². The average Bonchev–Trinajstić information content (AvgIpc) is 3.09. The van der Waals surface area contributed by atoms with Crippen LogP contribution in [0, 0.1) is 13.8 Å². The molecule has 128 valence electrons. The molecule has 0 radical (unpaired) electrons. The second-order valence-corrected chi connectivity index (χ2v) is 6.67. The minimum Gasteiger partial charge on any atom is -0.374 e. The third-order valence-corrected chi connectivity index (χ3v) is 4.65. The van der Waals surface area contributed by atoms with Crippen molar-refractivity contribution in [1.29, 1.82) is 0 Å². The van der Waals surface area contributed by atoms with Gasteiger partial charge in [-0.3, -0.25) is 9.69 Å². The van der Waals surface area contributed by atoms with Gasteiger partial charge in [0.1, 0.15) is 11.6 Å². The van der Waals surface area contributed by atoms with Gasteiger partial charge in [0.25, 0.3) is 0 Å². The molecule has 3 rings (SSSR count). The molecule has 1 aromatic rings. The highest BCUT2D eigenvalue weighted by atomic mass is 16.5. The second kappa shape index (κ2) is 7.40. The Balaban J connectivity index is 1.47. The highest BCUT2D eigenvalue weighted by Gasteiger charge is 2.24. The number of hydrogen-bond donors (Lipinski definition) is 1. The summed E-state index contributed by atoms with van der Waals surface area (Å²) in [6.45, 7) is 7.23. The predicted octanol–water partition coefficient (Wildman–Crippen LogP) is 0.655. The summed E-state index contributed by atoms with van der Waals surface area (Å²) in [4.78, 5) is 18.7. The van der Waals surface area contributed by atoms with Gasteiger partial charge in [0.2, 0.25) is 5.91 Å². The number of carbonyl (C=O) groups excluding carboxylic acids is 1. The maximum atomic E-state index is 12.2. The topological polar surface area (TPSA) is 72.3 Å². The molecule has 1 aromatic heterocycles. The van der Waals surface area contributed by atoms with E-state index in [1.54, 1.807) is 0 Å². The van der Waals surface area contributed by atoms with E-state index >= 15 is 0 Å². The fraction of sp³-hybridized carbons (Fsp3) is 0.812. The van der Waals surface area contributed by atoms with Gasteiger partial charge >= 0.3 is 0 Å². The van der Waals surface area contributed by atoms with Crippen LogP contribution in [0.3, 0.4) is 0 Å². The van der Waals surface area contributed by atoms with Crippen LogP contribution in [-0.2, 0) is 16.1 Å². The largest absolute Gasteiger partial charge is 0.374 e. The molecule has 2 heterocycles. The third kappa shape index (κ3) is 4.51. The Labute approximate surface area is 137 Å². The number of nitrogens with zero attached hydrogens (tertiary/aromatic N) is 4. The molecule has 1 aliphatic heterocycles. The predicted molar refractivity (Wildman–Crippen MR) is 86.1 cm³/mol. The van der Waals surface area contributed by atoms with E-state index in [-0.39, 0.29) is 12.0 Å². The first-order valence-corrected chi connectivity index (χ1v) is 8.61. The normalized spacial score (nSPS) is 23.3. The van der Waals surface area contributed by atoms with Gasteiger partial charge in [0.15, 0.2) is 0 Å². The van der Waals surface area contributed by atoms with Gasteiger partial charge in [-0.05, 0) is 26.7 Å². The molecule has 0 aromatic carbocycles. The Morgan fingerprint density at radius 3 is 2.83 bits per heavy atom. The lowest BCUT2D eigenvalue weighted by molar-refractivity contribution is -0.125. The average molecular weight is 321 g/mol. The lowest BCUT2D eigenvalue weighted by Gasteiger charge is -2.32. The lowest BCUT2D eigenvalue weighted by Crippen LogP contribution is -2.49. The molecular formula is C16H27N5O2. The van der Waals surface area contributed by atoms with Crippen molar-refractivity contribution in [3.8, 4) is 0 Å². The Morgan fingerprint density at radius 2 is 2.13 bits per heavy atom. The van der Waals surface area contributed by atoms with Crippen molar-refractivity contribution in [2.45, 2.75) is 58.2 Å². The molecular weight excluding hydrogens is 294 g/mol. The van der Waals surface area contributed by atoms with Crippen LogP contribution in [0.5, 0.6) is 0 Å². The highest BCUT2D eigenvalue weighted by molar-refractivity contribution is 5.78. The van der Waals surface area contributed by atoms with E-state index < -0.39 is 0 Å². The third-order valence-electron chi connectivity index (χ3n) is 4.65. The van der Waals surface area contributed by atoms with Gasteiger partial charge < -0.3 is 10.1 Å². The number of hydrogen-bond acceptors (Lipinski definition) is 5. The molecule has 2 fully saturated rings. The second-order valence-electron chi connectivity index (χ2n) is 6.67. The van der Waals surface area contributed by atoms with Gasteiger partial charge in [0, 0.05) is 19.1 Å². The quantitative estimate of drug-likeness (QED) is 0.862. The lowest BCUT2D eigenvalue weighted by atomic mass is 10.2. The number of amides is 1. The zero-order valence-electron chi connectivity index (χ0n) is 14.1. The highest BCUT2D eigenvalue weighted by Crippen LogP contribution is 2.17.